The highest BCUT2D eigenvalue weighted by Crippen LogP contribution is 2.23. The number of anilines is 1. The molecule has 5 heteroatoms. The average Bonchev–Trinajstić information content (AvgIpc) is 2.41. The molecule has 0 bridgehead atoms. The average molecular weight is 341 g/mol. The third-order valence-electron chi connectivity index (χ3n) is 3.62. The summed E-state index contributed by atoms with van der Waals surface area (Å²) in [6.07, 6.45) is 3.81. The summed E-state index contributed by atoms with van der Waals surface area (Å²) in [6.45, 7) is 1.09. The zero-order valence-corrected chi connectivity index (χ0v) is 13.0. The molecular formula is C15H21BrN2O2. The van der Waals surface area contributed by atoms with Gasteiger partial charge in [-0.25, -0.2) is 0 Å². The number of para-hydroxylation sites is 1. The van der Waals surface area contributed by atoms with Crippen LogP contribution in [0.3, 0.4) is 0 Å². The smallest absolute Gasteiger partial charge is 0.238 e. The fraction of sp³-hybridized carbons (Fsp3) is 0.533. The van der Waals surface area contributed by atoms with Gasteiger partial charge in [0, 0.05) is 4.47 Å². The van der Waals surface area contributed by atoms with E-state index < -0.39 is 0 Å². The molecule has 1 fully saturated rings. The van der Waals surface area contributed by atoms with Crippen LogP contribution in [-0.2, 0) is 4.79 Å². The molecule has 110 valence electrons. The Morgan fingerprint density at radius 1 is 1.35 bits per heavy atom. The molecule has 1 saturated carbocycles. The van der Waals surface area contributed by atoms with Crippen LogP contribution in [0.5, 0.6) is 0 Å². The molecule has 1 aromatic carbocycles. The second kappa shape index (κ2) is 7.76. The molecule has 1 aliphatic carbocycles. The molecule has 4 nitrogen and oxygen atoms in total. The van der Waals surface area contributed by atoms with Crippen molar-refractivity contribution in [2.24, 2.45) is 5.92 Å². The predicted molar refractivity (Wildman–Crippen MR) is 83.6 cm³/mol. The van der Waals surface area contributed by atoms with Crippen LogP contribution < -0.4 is 10.6 Å². The van der Waals surface area contributed by atoms with Gasteiger partial charge in [0.25, 0.3) is 0 Å². The fourth-order valence-electron chi connectivity index (χ4n) is 2.59. The van der Waals surface area contributed by atoms with Crippen molar-refractivity contribution in [2.45, 2.75) is 31.8 Å². The number of aliphatic hydroxyl groups excluding tert-OH is 1. The summed E-state index contributed by atoms with van der Waals surface area (Å²) in [5, 5.41) is 15.6. The molecule has 1 aromatic rings. The molecule has 0 aliphatic heterocycles. The first kappa shape index (κ1) is 15.5. The molecule has 2 unspecified atom stereocenters. The Labute approximate surface area is 128 Å². The lowest BCUT2D eigenvalue weighted by Gasteiger charge is -2.25. The van der Waals surface area contributed by atoms with Crippen molar-refractivity contribution in [1.82, 2.24) is 5.32 Å². The van der Waals surface area contributed by atoms with Gasteiger partial charge in [0.2, 0.25) is 5.91 Å². The molecule has 0 aromatic heterocycles. The second-order valence-electron chi connectivity index (χ2n) is 5.35. The Morgan fingerprint density at radius 3 is 2.90 bits per heavy atom. The summed E-state index contributed by atoms with van der Waals surface area (Å²) in [7, 11) is 0. The molecular weight excluding hydrogens is 320 g/mol. The topological polar surface area (TPSA) is 61.4 Å². The Balaban J connectivity index is 1.69. The molecule has 0 saturated heterocycles. The Kier molecular flexibility index (Phi) is 6.01. The number of aliphatic hydroxyl groups is 1. The molecule has 0 spiro atoms. The van der Waals surface area contributed by atoms with Gasteiger partial charge in [0.15, 0.2) is 0 Å². The van der Waals surface area contributed by atoms with E-state index >= 15 is 0 Å². The molecule has 2 rings (SSSR count). The van der Waals surface area contributed by atoms with Crippen molar-refractivity contribution in [1.29, 1.82) is 0 Å². The number of hydrogen-bond donors (Lipinski definition) is 3. The van der Waals surface area contributed by atoms with Gasteiger partial charge in [0.1, 0.15) is 0 Å². The van der Waals surface area contributed by atoms with Gasteiger partial charge >= 0.3 is 0 Å². The van der Waals surface area contributed by atoms with Crippen LogP contribution in [0.15, 0.2) is 28.7 Å². The zero-order valence-electron chi connectivity index (χ0n) is 11.4. The first-order valence-electron chi connectivity index (χ1n) is 7.08. The summed E-state index contributed by atoms with van der Waals surface area (Å²) < 4.78 is 0.878. The van der Waals surface area contributed by atoms with Crippen LogP contribution in [0.4, 0.5) is 5.69 Å². The third-order valence-corrected chi connectivity index (χ3v) is 4.31. The van der Waals surface area contributed by atoms with E-state index in [1.165, 1.54) is 0 Å². The molecule has 3 N–H and O–H groups in total. The van der Waals surface area contributed by atoms with Gasteiger partial charge in [-0.1, -0.05) is 18.6 Å². The van der Waals surface area contributed by atoms with E-state index in [4.69, 9.17) is 0 Å². The van der Waals surface area contributed by atoms with Crippen LogP contribution >= 0.6 is 15.9 Å². The van der Waals surface area contributed by atoms with Crippen molar-refractivity contribution in [3.8, 4) is 0 Å². The Hall–Kier alpha value is -0.910. The number of nitrogens with one attached hydrogen (secondary N) is 2. The lowest BCUT2D eigenvalue weighted by molar-refractivity contribution is -0.115. The maximum atomic E-state index is 11.8. The number of benzene rings is 1. The highest BCUT2D eigenvalue weighted by atomic mass is 79.9. The summed E-state index contributed by atoms with van der Waals surface area (Å²) >= 11 is 3.40. The van der Waals surface area contributed by atoms with Gasteiger partial charge in [-0.2, -0.15) is 0 Å². The van der Waals surface area contributed by atoms with Crippen LogP contribution in [0, 0.1) is 5.92 Å². The van der Waals surface area contributed by atoms with Crippen molar-refractivity contribution in [2.75, 3.05) is 18.4 Å². The summed E-state index contributed by atoms with van der Waals surface area (Å²) in [6, 6.07) is 7.55. The van der Waals surface area contributed by atoms with E-state index in [1.807, 2.05) is 24.3 Å². The first-order chi connectivity index (χ1) is 9.65. The lowest BCUT2D eigenvalue weighted by atomic mass is 9.87. The minimum Gasteiger partial charge on any atom is -0.393 e. The maximum Gasteiger partial charge on any atom is 0.238 e. The molecule has 1 aliphatic rings. The van der Waals surface area contributed by atoms with Crippen molar-refractivity contribution in [3.63, 3.8) is 0 Å². The van der Waals surface area contributed by atoms with Crippen LogP contribution in [-0.4, -0.2) is 30.2 Å². The minimum atomic E-state index is -0.162. The van der Waals surface area contributed by atoms with Gasteiger partial charge in [0.05, 0.1) is 18.3 Å². The molecule has 2 atom stereocenters. The van der Waals surface area contributed by atoms with Crippen molar-refractivity contribution >= 4 is 27.5 Å². The van der Waals surface area contributed by atoms with Crippen LogP contribution in [0.1, 0.15) is 25.7 Å². The number of rotatable bonds is 5. The second-order valence-corrected chi connectivity index (χ2v) is 6.20. The summed E-state index contributed by atoms with van der Waals surface area (Å²) in [5.41, 5.74) is 0.785. The number of hydrogen-bond acceptors (Lipinski definition) is 3. The molecule has 20 heavy (non-hydrogen) atoms. The van der Waals surface area contributed by atoms with Gasteiger partial charge in [-0.15, -0.1) is 0 Å². The number of carbonyl (C=O) groups excluding carboxylic acids is 1. The van der Waals surface area contributed by atoms with E-state index in [0.29, 0.717) is 12.5 Å². The van der Waals surface area contributed by atoms with E-state index in [-0.39, 0.29) is 12.0 Å². The largest absolute Gasteiger partial charge is 0.393 e. The third kappa shape index (κ3) is 4.89. The highest BCUT2D eigenvalue weighted by molar-refractivity contribution is 9.10. The monoisotopic (exact) mass is 340 g/mol. The van der Waals surface area contributed by atoms with Gasteiger partial charge < -0.3 is 15.7 Å². The van der Waals surface area contributed by atoms with E-state index in [0.717, 1.165) is 42.4 Å². The summed E-state index contributed by atoms with van der Waals surface area (Å²) in [4.78, 5) is 11.8. The Morgan fingerprint density at radius 2 is 2.15 bits per heavy atom. The van der Waals surface area contributed by atoms with Crippen molar-refractivity contribution < 1.29 is 9.90 Å². The van der Waals surface area contributed by atoms with Crippen molar-refractivity contribution in [3.05, 3.63) is 28.7 Å². The standard InChI is InChI=1S/C15H21BrN2O2/c16-13-6-1-2-7-14(13)18-15(20)10-17-9-11-4-3-5-12(19)8-11/h1-2,6-7,11-12,17,19H,3-5,8-10H2,(H,18,20). The predicted octanol–water partition coefficient (Wildman–Crippen LogP) is 2.53. The molecule has 0 radical (unpaired) electrons. The van der Waals surface area contributed by atoms with E-state index in [1.54, 1.807) is 0 Å². The molecule has 1 amide bonds. The normalized spacial score (nSPS) is 22.5. The fourth-order valence-corrected chi connectivity index (χ4v) is 2.98. The maximum absolute atomic E-state index is 11.8. The zero-order chi connectivity index (χ0) is 14.4. The van der Waals surface area contributed by atoms with Gasteiger partial charge in [-0.05, 0) is 59.8 Å². The van der Waals surface area contributed by atoms with E-state index in [9.17, 15) is 9.90 Å². The van der Waals surface area contributed by atoms with Crippen LogP contribution in [0.2, 0.25) is 0 Å². The highest BCUT2D eigenvalue weighted by Gasteiger charge is 2.19. The number of carbonyl (C=O) groups is 1. The first-order valence-corrected chi connectivity index (χ1v) is 7.87. The minimum absolute atomic E-state index is 0.0479. The molecule has 0 heterocycles. The number of amides is 1. The van der Waals surface area contributed by atoms with E-state index in [2.05, 4.69) is 26.6 Å². The lowest BCUT2D eigenvalue weighted by Crippen LogP contribution is -2.34. The van der Waals surface area contributed by atoms with Crippen LogP contribution in [0.25, 0.3) is 0 Å². The number of halogens is 1. The summed E-state index contributed by atoms with van der Waals surface area (Å²) in [5.74, 6) is 0.434. The van der Waals surface area contributed by atoms with Gasteiger partial charge in [-0.3, -0.25) is 4.79 Å². The quantitative estimate of drug-likeness (QED) is 0.771. The SMILES string of the molecule is O=C(CNCC1CCCC(O)C1)Nc1ccccc1Br. The Bertz CT molecular complexity index is 453.